The van der Waals surface area contributed by atoms with Crippen molar-refractivity contribution < 1.29 is 0 Å². The van der Waals surface area contributed by atoms with Gasteiger partial charge in [0.15, 0.2) is 0 Å². The Balaban J connectivity index is 2.06. The number of nitrogens with one attached hydrogen (secondary N) is 1. The highest BCUT2D eigenvalue weighted by Gasteiger charge is 2.11. The first kappa shape index (κ1) is 14.2. The van der Waals surface area contributed by atoms with E-state index < -0.39 is 0 Å². The van der Waals surface area contributed by atoms with Gasteiger partial charge >= 0.3 is 0 Å². The van der Waals surface area contributed by atoms with Gasteiger partial charge in [-0.1, -0.05) is 31.2 Å². The number of benzene rings is 1. The highest BCUT2D eigenvalue weighted by molar-refractivity contribution is 7.15. The van der Waals surface area contributed by atoms with Gasteiger partial charge in [-0.25, -0.2) is 0 Å². The highest BCUT2D eigenvalue weighted by Crippen LogP contribution is 2.34. The maximum atomic E-state index is 4.73. The molecule has 3 heteroatoms. The van der Waals surface area contributed by atoms with Crippen molar-refractivity contribution in [2.45, 2.75) is 26.8 Å². The van der Waals surface area contributed by atoms with Gasteiger partial charge in [0.05, 0.1) is 5.52 Å². The summed E-state index contributed by atoms with van der Waals surface area (Å²) in [6, 6.07) is 15.5. The maximum Gasteiger partial charge on any atom is 0.0791 e. The summed E-state index contributed by atoms with van der Waals surface area (Å²) in [5, 5.41) is 4.67. The molecule has 0 saturated heterocycles. The van der Waals surface area contributed by atoms with Gasteiger partial charge in [-0.3, -0.25) is 4.98 Å². The average molecular weight is 296 g/mol. The summed E-state index contributed by atoms with van der Waals surface area (Å²) in [6.45, 7) is 7.39. The predicted molar refractivity (Wildman–Crippen MR) is 91.9 cm³/mol. The zero-order valence-corrected chi connectivity index (χ0v) is 13.5. The van der Waals surface area contributed by atoms with Crippen LogP contribution < -0.4 is 5.32 Å². The fraction of sp³-hybridized carbons (Fsp3) is 0.278. The van der Waals surface area contributed by atoms with Crippen molar-refractivity contribution in [2.75, 3.05) is 6.54 Å². The molecule has 0 bridgehead atoms. The van der Waals surface area contributed by atoms with Gasteiger partial charge in [-0.05, 0) is 38.6 Å². The smallest absolute Gasteiger partial charge is 0.0791 e. The number of rotatable bonds is 4. The molecule has 0 aliphatic rings. The molecule has 1 unspecified atom stereocenters. The Hall–Kier alpha value is -1.71. The minimum atomic E-state index is 0.401. The van der Waals surface area contributed by atoms with Crippen molar-refractivity contribution in [3.8, 4) is 10.4 Å². The lowest BCUT2D eigenvalue weighted by atomic mass is 10.1. The summed E-state index contributed by atoms with van der Waals surface area (Å²) in [6.07, 6.45) is 0. The SMILES string of the molecule is CCNC(C)c1ccc(-c2cccc3ccc(C)nc23)s1. The number of aromatic nitrogens is 1. The molecule has 2 aromatic heterocycles. The van der Waals surface area contributed by atoms with Crippen LogP contribution in [-0.4, -0.2) is 11.5 Å². The minimum Gasteiger partial charge on any atom is -0.310 e. The molecule has 0 spiro atoms. The van der Waals surface area contributed by atoms with E-state index in [9.17, 15) is 0 Å². The molecule has 108 valence electrons. The van der Waals surface area contributed by atoms with Crippen LogP contribution in [0.1, 0.15) is 30.5 Å². The predicted octanol–water partition coefficient (Wildman–Crippen LogP) is 4.94. The van der Waals surface area contributed by atoms with Crippen LogP contribution in [0.5, 0.6) is 0 Å². The molecule has 1 N–H and O–H groups in total. The van der Waals surface area contributed by atoms with Crippen LogP contribution in [0.4, 0.5) is 0 Å². The lowest BCUT2D eigenvalue weighted by Crippen LogP contribution is -2.16. The third-order valence-electron chi connectivity index (χ3n) is 3.69. The van der Waals surface area contributed by atoms with Crippen LogP contribution in [0.2, 0.25) is 0 Å². The van der Waals surface area contributed by atoms with E-state index in [1.54, 1.807) is 0 Å². The number of hydrogen-bond donors (Lipinski definition) is 1. The van der Waals surface area contributed by atoms with Crippen LogP contribution in [0.3, 0.4) is 0 Å². The zero-order chi connectivity index (χ0) is 14.8. The first-order valence-electron chi connectivity index (χ1n) is 7.39. The number of aryl methyl sites for hydroxylation is 1. The third-order valence-corrected chi connectivity index (χ3v) is 4.99. The standard InChI is InChI=1S/C18H20N2S/c1-4-19-13(3)16-10-11-17(21-16)15-7-5-6-14-9-8-12(2)20-18(14)15/h5-11,13,19H,4H2,1-3H3. The summed E-state index contributed by atoms with van der Waals surface area (Å²) in [5.74, 6) is 0. The van der Waals surface area contributed by atoms with Crippen molar-refractivity contribution >= 4 is 22.2 Å². The molecule has 0 saturated carbocycles. The first-order chi connectivity index (χ1) is 10.2. The van der Waals surface area contributed by atoms with Gasteiger partial charge in [-0.2, -0.15) is 0 Å². The molecule has 0 amide bonds. The van der Waals surface area contributed by atoms with Gasteiger partial charge in [-0.15, -0.1) is 11.3 Å². The molecule has 1 atom stereocenters. The number of nitrogens with zero attached hydrogens (tertiary/aromatic N) is 1. The number of pyridine rings is 1. The second kappa shape index (κ2) is 5.96. The van der Waals surface area contributed by atoms with Crippen molar-refractivity contribution in [3.05, 3.63) is 53.0 Å². The summed E-state index contributed by atoms with van der Waals surface area (Å²) >= 11 is 1.85. The van der Waals surface area contributed by atoms with Crippen molar-refractivity contribution in [2.24, 2.45) is 0 Å². The summed E-state index contributed by atoms with van der Waals surface area (Å²) in [5.41, 5.74) is 3.39. The van der Waals surface area contributed by atoms with Crippen LogP contribution in [0.15, 0.2) is 42.5 Å². The highest BCUT2D eigenvalue weighted by atomic mass is 32.1. The molecule has 0 aliphatic heterocycles. The van der Waals surface area contributed by atoms with E-state index in [1.807, 2.05) is 18.3 Å². The van der Waals surface area contributed by atoms with Gasteiger partial charge in [0.2, 0.25) is 0 Å². The molecule has 1 aromatic carbocycles. The van der Waals surface area contributed by atoms with E-state index >= 15 is 0 Å². The van der Waals surface area contributed by atoms with Gasteiger partial charge in [0, 0.05) is 32.4 Å². The quantitative estimate of drug-likeness (QED) is 0.737. The monoisotopic (exact) mass is 296 g/mol. The van der Waals surface area contributed by atoms with E-state index in [1.165, 1.54) is 20.7 Å². The number of hydrogen-bond acceptors (Lipinski definition) is 3. The molecule has 0 radical (unpaired) electrons. The summed E-state index contributed by atoms with van der Waals surface area (Å²) in [4.78, 5) is 7.40. The molecule has 3 aromatic rings. The van der Waals surface area contributed by atoms with Crippen molar-refractivity contribution in [1.82, 2.24) is 10.3 Å². The number of thiophene rings is 1. The maximum absolute atomic E-state index is 4.73. The topological polar surface area (TPSA) is 24.9 Å². The van der Waals surface area contributed by atoms with E-state index in [2.05, 4.69) is 61.6 Å². The van der Waals surface area contributed by atoms with E-state index in [-0.39, 0.29) is 0 Å². The lowest BCUT2D eigenvalue weighted by Gasteiger charge is -2.09. The van der Waals surface area contributed by atoms with Gasteiger partial charge in [0.25, 0.3) is 0 Å². The Morgan fingerprint density at radius 1 is 1.14 bits per heavy atom. The Kier molecular flexibility index (Phi) is 4.04. The molecular weight excluding hydrogens is 276 g/mol. The molecule has 21 heavy (non-hydrogen) atoms. The summed E-state index contributed by atoms with van der Waals surface area (Å²) < 4.78 is 0. The molecule has 2 nitrogen and oxygen atoms in total. The number of fused-ring (bicyclic) bond motifs is 1. The molecule has 0 aliphatic carbocycles. The Bertz CT molecular complexity index is 761. The fourth-order valence-electron chi connectivity index (χ4n) is 2.58. The van der Waals surface area contributed by atoms with Crippen LogP contribution >= 0.6 is 11.3 Å². The minimum absolute atomic E-state index is 0.401. The molecule has 0 fully saturated rings. The molecular formula is C18H20N2S. The van der Waals surface area contributed by atoms with E-state index in [0.29, 0.717) is 6.04 Å². The Labute approximate surface area is 129 Å². The lowest BCUT2D eigenvalue weighted by molar-refractivity contribution is 0.607. The van der Waals surface area contributed by atoms with E-state index in [0.717, 1.165) is 17.8 Å². The Morgan fingerprint density at radius 2 is 2.00 bits per heavy atom. The van der Waals surface area contributed by atoms with Crippen LogP contribution in [0.25, 0.3) is 21.3 Å². The largest absolute Gasteiger partial charge is 0.310 e. The average Bonchev–Trinajstić information content (AvgIpc) is 2.96. The second-order valence-electron chi connectivity index (χ2n) is 5.31. The first-order valence-corrected chi connectivity index (χ1v) is 8.20. The van der Waals surface area contributed by atoms with E-state index in [4.69, 9.17) is 4.98 Å². The molecule has 2 heterocycles. The van der Waals surface area contributed by atoms with Gasteiger partial charge < -0.3 is 5.32 Å². The third kappa shape index (κ3) is 2.85. The normalized spacial score (nSPS) is 12.7. The van der Waals surface area contributed by atoms with Gasteiger partial charge in [0.1, 0.15) is 0 Å². The number of para-hydroxylation sites is 1. The van der Waals surface area contributed by atoms with Crippen molar-refractivity contribution in [3.63, 3.8) is 0 Å². The Morgan fingerprint density at radius 3 is 2.81 bits per heavy atom. The second-order valence-corrected chi connectivity index (χ2v) is 6.43. The zero-order valence-electron chi connectivity index (χ0n) is 12.7. The fourth-order valence-corrected chi connectivity index (χ4v) is 3.64. The molecule has 3 rings (SSSR count). The van der Waals surface area contributed by atoms with Crippen LogP contribution in [-0.2, 0) is 0 Å². The van der Waals surface area contributed by atoms with Crippen LogP contribution in [0, 0.1) is 6.92 Å². The van der Waals surface area contributed by atoms with Crippen molar-refractivity contribution in [1.29, 1.82) is 0 Å². The summed E-state index contributed by atoms with van der Waals surface area (Å²) in [7, 11) is 0.